The topological polar surface area (TPSA) is 67.6 Å². The number of halogens is 2. The van der Waals surface area contributed by atoms with E-state index in [1.807, 2.05) is 0 Å². The lowest BCUT2D eigenvalue weighted by atomic mass is 10.1. The number of nitrogens with one attached hydrogen (secondary N) is 1. The molecule has 1 atom stereocenters. The number of carbonyl (C=O) groups is 1. The molecule has 1 aromatic rings. The standard InChI is InChI=1S/C14H19F2N3O2/c1-9(14(20)19-4-6-21-7-5-19)18-12-3-2-10(17)8-11(12)13(15)16/h2-3,8-9,13,18H,4-7,17H2,1H3. The number of rotatable bonds is 4. The number of nitrogens with two attached hydrogens (primary N) is 1. The molecule has 5 nitrogen and oxygen atoms in total. The molecular weight excluding hydrogens is 280 g/mol. The minimum atomic E-state index is -2.65. The van der Waals surface area contributed by atoms with E-state index >= 15 is 0 Å². The molecule has 0 aromatic heterocycles. The summed E-state index contributed by atoms with van der Waals surface area (Å²) in [5.41, 5.74) is 5.82. The molecule has 0 saturated carbocycles. The van der Waals surface area contributed by atoms with Crippen molar-refractivity contribution in [3.8, 4) is 0 Å². The van der Waals surface area contributed by atoms with Crippen LogP contribution in [0.15, 0.2) is 18.2 Å². The average Bonchev–Trinajstić information content (AvgIpc) is 2.49. The molecule has 1 fully saturated rings. The highest BCUT2D eigenvalue weighted by molar-refractivity contribution is 5.84. The summed E-state index contributed by atoms with van der Waals surface area (Å²) in [5.74, 6) is -0.129. The van der Waals surface area contributed by atoms with Crippen LogP contribution < -0.4 is 11.1 Å². The number of benzene rings is 1. The lowest BCUT2D eigenvalue weighted by Crippen LogP contribution is -2.47. The van der Waals surface area contributed by atoms with Gasteiger partial charge in [-0.1, -0.05) is 0 Å². The molecule has 7 heteroatoms. The Morgan fingerprint density at radius 1 is 1.38 bits per heavy atom. The second-order valence-electron chi connectivity index (χ2n) is 4.95. The van der Waals surface area contributed by atoms with E-state index in [-0.39, 0.29) is 22.8 Å². The molecule has 1 aliphatic heterocycles. The van der Waals surface area contributed by atoms with Crippen molar-refractivity contribution in [2.45, 2.75) is 19.4 Å². The van der Waals surface area contributed by atoms with Gasteiger partial charge in [0.25, 0.3) is 6.43 Å². The SMILES string of the molecule is CC(Nc1ccc(N)cc1C(F)F)C(=O)N1CCOCC1. The summed E-state index contributed by atoms with van der Waals surface area (Å²) in [6.45, 7) is 3.71. The first-order chi connectivity index (χ1) is 9.99. The van der Waals surface area contributed by atoms with Gasteiger partial charge in [0.2, 0.25) is 5.91 Å². The van der Waals surface area contributed by atoms with Crippen LogP contribution in [-0.2, 0) is 9.53 Å². The highest BCUT2D eigenvalue weighted by Gasteiger charge is 2.24. The first kappa shape index (κ1) is 15.5. The molecule has 0 radical (unpaired) electrons. The smallest absolute Gasteiger partial charge is 0.265 e. The number of ether oxygens (including phenoxy) is 1. The van der Waals surface area contributed by atoms with Crippen LogP contribution in [0.25, 0.3) is 0 Å². The van der Waals surface area contributed by atoms with Crippen LogP contribution in [0, 0.1) is 0 Å². The third-order valence-electron chi connectivity index (χ3n) is 3.38. The van der Waals surface area contributed by atoms with Gasteiger partial charge in [0.1, 0.15) is 6.04 Å². The second kappa shape index (κ2) is 6.71. The third kappa shape index (κ3) is 3.81. The number of nitrogens with zero attached hydrogens (tertiary/aromatic N) is 1. The Bertz CT molecular complexity index is 505. The van der Waals surface area contributed by atoms with Gasteiger partial charge in [-0.2, -0.15) is 0 Å². The summed E-state index contributed by atoms with van der Waals surface area (Å²) < 4.78 is 31.2. The fourth-order valence-electron chi connectivity index (χ4n) is 2.25. The summed E-state index contributed by atoms with van der Waals surface area (Å²) in [6, 6.07) is 3.63. The zero-order valence-electron chi connectivity index (χ0n) is 11.8. The molecule has 21 heavy (non-hydrogen) atoms. The van der Waals surface area contributed by atoms with Crippen LogP contribution in [0.3, 0.4) is 0 Å². The first-order valence-electron chi connectivity index (χ1n) is 6.79. The van der Waals surface area contributed by atoms with Crippen LogP contribution >= 0.6 is 0 Å². The molecule has 1 aliphatic rings. The van der Waals surface area contributed by atoms with Crippen LogP contribution in [0.1, 0.15) is 18.9 Å². The average molecular weight is 299 g/mol. The Morgan fingerprint density at radius 3 is 2.67 bits per heavy atom. The number of hydrogen-bond donors (Lipinski definition) is 2. The maximum Gasteiger partial charge on any atom is 0.265 e. The van der Waals surface area contributed by atoms with Crippen LogP contribution in [0.5, 0.6) is 0 Å². The molecule has 0 spiro atoms. The molecule has 2 rings (SSSR count). The minimum absolute atomic E-state index is 0.129. The molecule has 1 aromatic carbocycles. The number of carbonyl (C=O) groups excluding carboxylic acids is 1. The number of nitrogen functional groups attached to an aromatic ring is 1. The molecular formula is C14H19F2N3O2. The van der Waals surface area contributed by atoms with Crippen molar-refractivity contribution in [2.24, 2.45) is 0 Å². The number of anilines is 2. The monoisotopic (exact) mass is 299 g/mol. The number of amides is 1. The normalized spacial score (nSPS) is 16.9. The number of hydrogen-bond acceptors (Lipinski definition) is 4. The lowest BCUT2D eigenvalue weighted by Gasteiger charge is -2.30. The fraction of sp³-hybridized carbons (Fsp3) is 0.500. The van der Waals surface area contributed by atoms with Gasteiger partial charge in [-0.05, 0) is 25.1 Å². The van der Waals surface area contributed by atoms with E-state index in [0.29, 0.717) is 26.3 Å². The Morgan fingerprint density at radius 2 is 2.05 bits per heavy atom. The van der Waals surface area contributed by atoms with Crippen molar-refractivity contribution < 1.29 is 18.3 Å². The molecule has 1 unspecified atom stereocenters. The Labute approximate surface area is 122 Å². The van der Waals surface area contributed by atoms with Gasteiger partial charge in [0.15, 0.2) is 0 Å². The van der Waals surface area contributed by atoms with E-state index in [0.717, 1.165) is 0 Å². The van der Waals surface area contributed by atoms with E-state index in [1.165, 1.54) is 18.2 Å². The fourth-order valence-corrected chi connectivity index (χ4v) is 2.25. The summed E-state index contributed by atoms with van der Waals surface area (Å²) in [7, 11) is 0. The zero-order chi connectivity index (χ0) is 15.4. The summed E-state index contributed by atoms with van der Waals surface area (Å²) in [6.07, 6.45) is -2.65. The zero-order valence-corrected chi connectivity index (χ0v) is 11.8. The molecule has 1 heterocycles. The van der Waals surface area contributed by atoms with Crippen LogP contribution in [0.2, 0.25) is 0 Å². The molecule has 116 valence electrons. The third-order valence-corrected chi connectivity index (χ3v) is 3.38. The van der Waals surface area contributed by atoms with Crippen molar-refractivity contribution in [2.75, 3.05) is 37.4 Å². The van der Waals surface area contributed by atoms with E-state index < -0.39 is 12.5 Å². The predicted molar refractivity (Wildman–Crippen MR) is 76.3 cm³/mol. The van der Waals surface area contributed by atoms with Gasteiger partial charge >= 0.3 is 0 Å². The molecule has 3 N–H and O–H groups in total. The van der Waals surface area contributed by atoms with Crippen molar-refractivity contribution in [1.29, 1.82) is 0 Å². The molecule has 0 bridgehead atoms. The van der Waals surface area contributed by atoms with E-state index in [9.17, 15) is 13.6 Å². The maximum absolute atomic E-state index is 13.0. The largest absolute Gasteiger partial charge is 0.399 e. The van der Waals surface area contributed by atoms with E-state index in [2.05, 4.69) is 5.32 Å². The van der Waals surface area contributed by atoms with Crippen molar-refractivity contribution in [3.05, 3.63) is 23.8 Å². The number of morpholine rings is 1. The van der Waals surface area contributed by atoms with E-state index in [4.69, 9.17) is 10.5 Å². The highest BCUT2D eigenvalue weighted by Crippen LogP contribution is 2.29. The summed E-state index contributed by atoms with van der Waals surface area (Å²) in [5, 5.41) is 2.85. The molecule has 1 saturated heterocycles. The second-order valence-corrected chi connectivity index (χ2v) is 4.95. The van der Waals surface area contributed by atoms with Crippen molar-refractivity contribution in [1.82, 2.24) is 4.90 Å². The first-order valence-corrected chi connectivity index (χ1v) is 6.79. The van der Waals surface area contributed by atoms with Gasteiger partial charge in [-0.3, -0.25) is 4.79 Å². The highest BCUT2D eigenvalue weighted by atomic mass is 19.3. The van der Waals surface area contributed by atoms with Gasteiger partial charge in [-0.15, -0.1) is 0 Å². The lowest BCUT2D eigenvalue weighted by molar-refractivity contribution is -0.135. The van der Waals surface area contributed by atoms with Gasteiger partial charge < -0.3 is 20.7 Å². The Balaban J connectivity index is 2.08. The van der Waals surface area contributed by atoms with Gasteiger partial charge in [0, 0.05) is 30.0 Å². The van der Waals surface area contributed by atoms with Gasteiger partial charge in [-0.25, -0.2) is 8.78 Å². The maximum atomic E-state index is 13.0. The van der Waals surface area contributed by atoms with Crippen LogP contribution in [-0.4, -0.2) is 43.2 Å². The minimum Gasteiger partial charge on any atom is -0.399 e. The quantitative estimate of drug-likeness (QED) is 0.833. The van der Waals surface area contributed by atoms with Crippen molar-refractivity contribution in [3.63, 3.8) is 0 Å². The molecule has 1 amide bonds. The van der Waals surface area contributed by atoms with Crippen LogP contribution in [0.4, 0.5) is 20.2 Å². The Hall–Kier alpha value is -1.89. The number of alkyl halides is 2. The summed E-state index contributed by atoms with van der Waals surface area (Å²) in [4.78, 5) is 13.9. The summed E-state index contributed by atoms with van der Waals surface area (Å²) >= 11 is 0. The van der Waals surface area contributed by atoms with Gasteiger partial charge in [0.05, 0.1) is 13.2 Å². The predicted octanol–water partition coefficient (Wildman–Crippen LogP) is 1.87. The van der Waals surface area contributed by atoms with Crippen molar-refractivity contribution >= 4 is 17.3 Å². The molecule has 0 aliphatic carbocycles. The van der Waals surface area contributed by atoms with E-state index in [1.54, 1.807) is 11.8 Å². The Kier molecular flexibility index (Phi) is 4.95.